The molecule has 0 aliphatic rings. The molecule has 1 heterocycles. The summed E-state index contributed by atoms with van der Waals surface area (Å²) in [6.07, 6.45) is 1.06. The Balaban J connectivity index is 1.30. The van der Waals surface area contributed by atoms with Gasteiger partial charge < -0.3 is 14.4 Å². The maximum Gasteiger partial charge on any atom is 0.231 e. The van der Waals surface area contributed by atoms with E-state index in [2.05, 4.69) is 70.4 Å². The molecule has 3 aromatic carbocycles. The van der Waals surface area contributed by atoms with Gasteiger partial charge in [-0.05, 0) is 66.9 Å². The topological polar surface area (TPSA) is 59.3 Å². The summed E-state index contributed by atoms with van der Waals surface area (Å²) in [6.45, 7) is 7.37. The van der Waals surface area contributed by atoms with Crippen molar-refractivity contribution in [1.29, 1.82) is 0 Å². The quantitative estimate of drug-likeness (QED) is 0.169. The van der Waals surface area contributed by atoms with Gasteiger partial charge in [-0.25, -0.2) is 4.98 Å². The molecule has 7 heteroatoms. The van der Waals surface area contributed by atoms with Crippen LogP contribution >= 0.6 is 11.3 Å². The molecule has 0 aliphatic heterocycles. The summed E-state index contributed by atoms with van der Waals surface area (Å²) in [5, 5.41) is 9.31. The Kier molecular flexibility index (Phi) is 8.22. The summed E-state index contributed by atoms with van der Waals surface area (Å²) in [4.78, 5) is 6.81. The maximum atomic E-state index is 5.91. The second kappa shape index (κ2) is 11.7. The van der Waals surface area contributed by atoms with Gasteiger partial charge in [0.25, 0.3) is 0 Å². The maximum absolute atomic E-state index is 5.91. The number of rotatable bonds is 11. The van der Waals surface area contributed by atoms with Crippen molar-refractivity contribution in [3.8, 4) is 5.75 Å². The molecule has 0 unspecified atom stereocenters. The van der Waals surface area contributed by atoms with E-state index < -0.39 is 0 Å². The summed E-state index contributed by atoms with van der Waals surface area (Å²) in [6, 6.07) is 22.5. The van der Waals surface area contributed by atoms with Gasteiger partial charge in [-0.3, -0.25) is 0 Å². The number of thiazole rings is 1. The summed E-state index contributed by atoms with van der Waals surface area (Å²) in [5.74, 6) is 0.812. The van der Waals surface area contributed by atoms with E-state index in [1.807, 2.05) is 30.3 Å². The van der Waals surface area contributed by atoms with Gasteiger partial charge >= 0.3 is 0 Å². The zero-order valence-electron chi connectivity index (χ0n) is 19.9. The molecule has 4 rings (SSSR count). The highest BCUT2D eigenvalue weighted by molar-refractivity contribution is 7.21. The Morgan fingerprint density at radius 1 is 0.912 bits per heavy atom. The summed E-state index contributed by atoms with van der Waals surface area (Å²) < 4.78 is 12.2. The largest absolute Gasteiger partial charge is 0.497 e. The average Bonchev–Trinajstić information content (AvgIpc) is 3.30. The number of likely N-dealkylation sites (N-methyl/N-ethyl adjacent to an activating group) is 1. The molecule has 34 heavy (non-hydrogen) atoms. The van der Waals surface area contributed by atoms with Crippen LogP contribution in [0, 0.1) is 0 Å². The monoisotopic (exact) mass is 474 g/mol. The van der Waals surface area contributed by atoms with Crippen molar-refractivity contribution in [2.75, 3.05) is 31.7 Å². The van der Waals surface area contributed by atoms with E-state index >= 15 is 0 Å². The van der Waals surface area contributed by atoms with Crippen molar-refractivity contribution in [2.45, 2.75) is 26.9 Å². The van der Waals surface area contributed by atoms with Gasteiger partial charge in [-0.2, -0.15) is 0 Å². The number of aryl methyl sites for hydroxylation is 1. The Hall–Kier alpha value is -3.29. The summed E-state index contributed by atoms with van der Waals surface area (Å²) in [7, 11) is 1.66. The van der Waals surface area contributed by atoms with Gasteiger partial charge in [0, 0.05) is 18.8 Å². The van der Waals surface area contributed by atoms with Gasteiger partial charge in [0.15, 0.2) is 0 Å². The van der Waals surface area contributed by atoms with E-state index in [0.717, 1.165) is 46.9 Å². The number of azo groups is 1. The first kappa shape index (κ1) is 23.9. The second-order valence-electron chi connectivity index (χ2n) is 7.85. The lowest BCUT2D eigenvalue weighted by atomic mass is 10.1. The molecule has 6 nitrogen and oxygen atoms in total. The van der Waals surface area contributed by atoms with Crippen molar-refractivity contribution < 1.29 is 9.47 Å². The van der Waals surface area contributed by atoms with Crippen LogP contribution in [0.3, 0.4) is 0 Å². The highest BCUT2D eigenvalue weighted by Crippen LogP contribution is 2.32. The summed E-state index contributed by atoms with van der Waals surface area (Å²) >= 11 is 1.50. The Morgan fingerprint density at radius 2 is 1.68 bits per heavy atom. The number of methoxy groups -OCH3 is 1. The van der Waals surface area contributed by atoms with Gasteiger partial charge in [0.2, 0.25) is 5.13 Å². The predicted molar refractivity (Wildman–Crippen MR) is 140 cm³/mol. The van der Waals surface area contributed by atoms with Gasteiger partial charge in [-0.15, -0.1) is 10.2 Å². The van der Waals surface area contributed by atoms with E-state index in [4.69, 9.17) is 9.47 Å². The molecule has 0 aliphatic carbocycles. The van der Waals surface area contributed by atoms with Crippen LogP contribution < -0.4 is 9.64 Å². The minimum atomic E-state index is 0.629. The van der Waals surface area contributed by atoms with Crippen LogP contribution in [0.15, 0.2) is 77.0 Å². The fourth-order valence-corrected chi connectivity index (χ4v) is 4.41. The lowest BCUT2D eigenvalue weighted by Gasteiger charge is -2.23. The van der Waals surface area contributed by atoms with Crippen molar-refractivity contribution in [2.24, 2.45) is 10.2 Å². The zero-order chi connectivity index (χ0) is 23.8. The molecule has 0 saturated heterocycles. The number of hydrogen-bond acceptors (Lipinski definition) is 7. The number of aromatic nitrogens is 1. The predicted octanol–water partition coefficient (Wildman–Crippen LogP) is 7.33. The van der Waals surface area contributed by atoms with Crippen molar-refractivity contribution >= 4 is 38.1 Å². The Bertz CT molecular complexity index is 1220. The van der Waals surface area contributed by atoms with Gasteiger partial charge in [-0.1, -0.05) is 42.5 Å². The van der Waals surface area contributed by atoms with Gasteiger partial charge in [0.1, 0.15) is 5.75 Å². The fourth-order valence-electron chi connectivity index (χ4n) is 3.60. The molecule has 4 aromatic rings. The van der Waals surface area contributed by atoms with Gasteiger partial charge in [0.05, 0.1) is 36.2 Å². The lowest BCUT2D eigenvalue weighted by Crippen LogP contribution is -2.26. The third-order valence-corrected chi connectivity index (χ3v) is 6.54. The molecule has 0 radical (unpaired) electrons. The number of fused-ring (bicyclic) bond motifs is 1. The van der Waals surface area contributed by atoms with Crippen LogP contribution in [0.25, 0.3) is 10.2 Å². The number of ether oxygens (including phenoxy) is 2. The number of benzene rings is 3. The molecule has 0 fully saturated rings. The number of hydrogen-bond donors (Lipinski definition) is 0. The van der Waals surface area contributed by atoms with Crippen LogP contribution in [0.4, 0.5) is 16.5 Å². The Morgan fingerprint density at radius 3 is 2.38 bits per heavy atom. The minimum Gasteiger partial charge on any atom is -0.497 e. The number of nitrogens with zero attached hydrogens (tertiary/aromatic N) is 4. The number of anilines is 1. The fraction of sp³-hybridized carbons (Fsp3) is 0.296. The molecule has 0 atom stereocenters. The molecule has 0 amide bonds. The first-order chi connectivity index (χ1) is 16.7. The molecule has 0 saturated carbocycles. The van der Waals surface area contributed by atoms with E-state index in [1.165, 1.54) is 22.5 Å². The first-order valence-corrected chi connectivity index (χ1v) is 12.4. The highest BCUT2D eigenvalue weighted by atomic mass is 32.1. The van der Waals surface area contributed by atoms with Crippen LogP contribution in [-0.2, 0) is 17.8 Å². The minimum absolute atomic E-state index is 0.629. The summed E-state index contributed by atoms with van der Waals surface area (Å²) in [5.41, 5.74) is 5.40. The van der Waals surface area contributed by atoms with E-state index in [0.29, 0.717) is 18.3 Å². The molecule has 1 aromatic heterocycles. The van der Waals surface area contributed by atoms with Crippen molar-refractivity contribution in [3.63, 3.8) is 0 Å². The van der Waals surface area contributed by atoms with Crippen LogP contribution in [0.5, 0.6) is 5.75 Å². The average molecular weight is 475 g/mol. The standard InChI is InChI=1S/C27H30N4O2S/c1-4-20-6-8-21(9-7-20)19-33-17-16-31(5-2)23-12-10-22(11-13-23)29-30-27-28-25-15-14-24(32-3)18-26(25)34-27/h6-15,18H,4-5,16-17,19H2,1-3H3/b30-29+. The molecule has 0 N–H and O–H groups in total. The third kappa shape index (κ3) is 6.18. The highest BCUT2D eigenvalue weighted by Gasteiger charge is 2.06. The first-order valence-electron chi connectivity index (χ1n) is 11.6. The van der Waals surface area contributed by atoms with Crippen LogP contribution in [-0.4, -0.2) is 31.8 Å². The normalized spacial score (nSPS) is 11.4. The molecule has 0 bridgehead atoms. The molecular weight excluding hydrogens is 444 g/mol. The second-order valence-corrected chi connectivity index (χ2v) is 8.86. The SMILES string of the molecule is CCc1ccc(COCCN(CC)c2ccc(/N=N/c3nc4ccc(OC)cc4s3)cc2)cc1. The van der Waals surface area contributed by atoms with E-state index in [-0.39, 0.29) is 0 Å². The molecule has 0 spiro atoms. The zero-order valence-corrected chi connectivity index (χ0v) is 20.7. The lowest BCUT2D eigenvalue weighted by molar-refractivity contribution is 0.127. The van der Waals surface area contributed by atoms with Crippen LogP contribution in [0.1, 0.15) is 25.0 Å². The van der Waals surface area contributed by atoms with Crippen LogP contribution in [0.2, 0.25) is 0 Å². The molecule has 176 valence electrons. The van der Waals surface area contributed by atoms with E-state index in [1.54, 1.807) is 7.11 Å². The van der Waals surface area contributed by atoms with Crippen molar-refractivity contribution in [1.82, 2.24) is 4.98 Å². The molecular formula is C27H30N4O2S. The Labute approximate surface area is 204 Å². The van der Waals surface area contributed by atoms with E-state index in [9.17, 15) is 0 Å². The van der Waals surface area contributed by atoms with Crippen molar-refractivity contribution in [3.05, 3.63) is 77.9 Å². The smallest absolute Gasteiger partial charge is 0.231 e. The third-order valence-electron chi connectivity index (χ3n) is 5.64.